The summed E-state index contributed by atoms with van der Waals surface area (Å²) in [6.45, 7) is 3.84. The Balaban J connectivity index is 1.45. The predicted octanol–water partition coefficient (Wildman–Crippen LogP) is 4.34. The molecule has 29 heavy (non-hydrogen) atoms. The van der Waals surface area contributed by atoms with Crippen LogP contribution in [0.5, 0.6) is 5.75 Å². The number of aliphatic hydroxyl groups is 1. The highest BCUT2D eigenvalue weighted by Gasteiger charge is 2.43. The topological polar surface area (TPSA) is 41.9 Å². The zero-order chi connectivity index (χ0) is 19.8. The highest BCUT2D eigenvalue weighted by atomic mass is 16.5. The molecule has 4 aliphatic rings. The van der Waals surface area contributed by atoms with E-state index >= 15 is 0 Å². The summed E-state index contributed by atoms with van der Waals surface area (Å²) in [6, 6.07) is 12.4. The maximum atomic E-state index is 12.0. The number of ether oxygens (including phenoxy) is 2. The van der Waals surface area contributed by atoms with E-state index < -0.39 is 5.60 Å². The van der Waals surface area contributed by atoms with Crippen LogP contribution < -0.4 is 4.74 Å². The number of hydrogen-bond donors (Lipinski definition) is 1. The lowest BCUT2D eigenvalue weighted by molar-refractivity contribution is -0.143. The summed E-state index contributed by atoms with van der Waals surface area (Å²) in [4.78, 5) is 2.51. The average molecular weight is 396 g/mol. The molecule has 0 spiro atoms. The molecule has 4 nitrogen and oxygen atoms in total. The lowest BCUT2D eigenvalue weighted by Gasteiger charge is -2.46. The van der Waals surface area contributed by atoms with Gasteiger partial charge in [-0.15, -0.1) is 0 Å². The third-order valence-electron chi connectivity index (χ3n) is 7.71. The smallest absolute Gasteiger partial charge is 0.126 e. The summed E-state index contributed by atoms with van der Waals surface area (Å²) in [7, 11) is 1.71. The number of rotatable bonds is 6. The van der Waals surface area contributed by atoms with Crippen molar-refractivity contribution >= 4 is 10.8 Å². The Morgan fingerprint density at radius 3 is 2.55 bits per heavy atom. The van der Waals surface area contributed by atoms with Gasteiger partial charge in [-0.3, -0.25) is 0 Å². The Hall–Kier alpha value is -1.62. The van der Waals surface area contributed by atoms with E-state index in [4.69, 9.17) is 9.47 Å². The minimum absolute atomic E-state index is 0.260. The maximum absolute atomic E-state index is 12.0. The molecule has 1 aliphatic carbocycles. The molecule has 6 rings (SSSR count). The first kappa shape index (κ1) is 19.3. The van der Waals surface area contributed by atoms with Gasteiger partial charge in [0.15, 0.2) is 0 Å². The lowest BCUT2D eigenvalue weighted by Crippen LogP contribution is -2.53. The Bertz CT molecular complexity index is 854. The monoisotopic (exact) mass is 395 g/mol. The second kappa shape index (κ2) is 7.90. The van der Waals surface area contributed by atoms with Crippen LogP contribution in [0.4, 0.5) is 0 Å². The van der Waals surface area contributed by atoms with Crippen LogP contribution in [-0.4, -0.2) is 49.5 Å². The minimum atomic E-state index is -0.933. The zero-order valence-electron chi connectivity index (χ0n) is 17.5. The Labute approximate surface area is 173 Å². The van der Waals surface area contributed by atoms with Crippen LogP contribution in [0.3, 0.4) is 0 Å². The molecule has 3 aliphatic heterocycles. The SMILES string of the molecule is COc1cccc2ccc(C(O)(COC3CN4CCC3CC4)C3CCCC3)cc12. The first-order chi connectivity index (χ1) is 14.2. The van der Waals surface area contributed by atoms with Crippen molar-refractivity contribution in [3.05, 3.63) is 42.0 Å². The van der Waals surface area contributed by atoms with E-state index in [1.807, 2.05) is 12.1 Å². The zero-order valence-corrected chi connectivity index (χ0v) is 17.5. The van der Waals surface area contributed by atoms with Crippen LogP contribution in [0.15, 0.2) is 36.4 Å². The molecule has 0 aromatic heterocycles. The van der Waals surface area contributed by atoms with Crippen LogP contribution in [-0.2, 0) is 10.3 Å². The molecular weight excluding hydrogens is 362 g/mol. The molecule has 3 saturated heterocycles. The molecule has 2 aromatic rings. The van der Waals surface area contributed by atoms with Crippen LogP contribution >= 0.6 is 0 Å². The van der Waals surface area contributed by atoms with Gasteiger partial charge >= 0.3 is 0 Å². The molecule has 3 heterocycles. The van der Waals surface area contributed by atoms with Crippen molar-refractivity contribution in [2.75, 3.05) is 33.4 Å². The van der Waals surface area contributed by atoms with E-state index in [1.54, 1.807) is 7.11 Å². The van der Waals surface area contributed by atoms with Gasteiger partial charge in [0, 0.05) is 11.9 Å². The summed E-state index contributed by atoms with van der Waals surface area (Å²) >= 11 is 0. The van der Waals surface area contributed by atoms with Gasteiger partial charge in [0.2, 0.25) is 0 Å². The maximum Gasteiger partial charge on any atom is 0.126 e. The molecule has 0 radical (unpaired) electrons. The standard InChI is InChI=1S/C25H33NO3/c1-28-23-8-4-5-18-9-10-21(15-22(18)23)25(27,20-6-2-3-7-20)17-29-24-16-26-13-11-19(24)12-14-26/h4-5,8-10,15,19-20,24,27H,2-3,6-7,11-14,16-17H2,1H3. The fraction of sp³-hybridized carbons (Fsp3) is 0.600. The van der Waals surface area contributed by atoms with Gasteiger partial charge in [0.1, 0.15) is 11.4 Å². The molecule has 2 unspecified atom stereocenters. The van der Waals surface area contributed by atoms with Gasteiger partial charge in [-0.05, 0) is 73.7 Å². The molecule has 4 heteroatoms. The number of fused-ring (bicyclic) bond motifs is 4. The third kappa shape index (κ3) is 3.56. The van der Waals surface area contributed by atoms with E-state index in [1.165, 1.54) is 38.8 Å². The lowest BCUT2D eigenvalue weighted by atomic mass is 9.79. The third-order valence-corrected chi connectivity index (χ3v) is 7.71. The van der Waals surface area contributed by atoms with Crippen molar-refractivity contribution in [2.45, 2.75) is 50.2 Å². The first-order valence-corrected chi connectivity index (χ1v) is 11.3. The summed E-state index contributed by atoms with van der Waals surface area (Å²) in [5, 5.41) is 14.2. The van der Waals surface area contributed by atoms with Gasteiger partial charge in [-0.2, -0.15) is 0 Å². The molecule has 156 valence electrons. The van der Waals surface area contributed by atoms with Crippen molar-refractivity contribution in [1.82, 2.24) is 4.90 Å². The van der Waals surface area contributed by atoms with Crippen LogP contribution in [0.1, 0.15) is 44.1 Å². The van der Waals surface area contributed by atoms with Gasteiger partial charge < -0.3 is 19.5 Å². The summed E-state index contributed by atoms with van der Waals surface area (Å²) in [5.74, 6) is 1.77. The highest BCUT2D eigenvalue weighted by molar-refractivity contribution is 5.89. The van der Waals surface area contributed by atoms with E-state index in [0.29, 0.717) is 12.5 Å². The number of hydrogen-bond acceptors (Lipinski definition) is 4. The van der Waals surface area contributed by atoms with Crippen molar-refractivity contribution in [3.8, 4) is 5.75 Å². The fourth-order valence-corrected chi connectivity index (χ4v) is 5.87. The normalized spacial score (nSPS) is 29.2. The van der Waals surface area contributed by atoms with E-state index in [9.17, 15) is 5.11 Å². The van der Waals surface area contributed by atoms with E-state index in [0.717, 1.165) is 41.5 Å². The van der Waals surface area contributed by atoms with Crippen molar-refractivity contribution in [1.29, 1.82) is 0 Å². The average Bonchev–Trinajstić information content (AvgIpc) is 3.33. The molecule has 2 bridgehead atoms. The highest BCUT2D eigenvalue weighted by Crippen LogP contribution is 2.43. The van der Waals surface area contributed by atoms with Crippen LogP contribution in [0.25, 0.3) is 10.8 Å². The molecular formula is C25H33NO3. The number of benzene rings is 2. The Kier molecular flexibility index (Phi) is 5.27. The van der Waals surface area contributed by atoms with Crippen LogP contribution in [0, 0.1) is 11.8 Å². The largest absolute Gasteiger partial charge is 0.496 e. The molecule has 1 saturated carbocycles. The quantitative estimate of drug-likeness (QED) is 0.790. The molecule has 4 fully saturated rings. The second-order valence-electron chi connectivity index (χ2n) is 9.29. The van der Waals surface area contributed by atoms with Gasteiger partial charge in [-0.25, -0.2) is 0 Å². The summed E-state index contributed by atoms with van der Waals surface area (Å²) in [6.07, 6.45) is 7.28. The first-order valence-electron chi connectivity index (χ1n) is 11.3. The van der Waals surface area contributed by atoms with Crippen molar-refractivity contribution in [3.63, 3.8) is 0 Å². The van der Waals surface area contributed by atoms with Gasteiger partial charge in [0.05, 0.1) is 19.8 Å². The summed E-state index contributed by atoms with van der Waals surface area (Å²) < 4.78 is 12.1. The predicted molar refractivity (Wildman–Crippen MR) is 115 cm³/mol. The number of piperidine rings is 3. The molecule has 2 aromatic carbocycles. The van der Waals surface area contributed by atoms with Gasteiger partial charge in [0.25, 0.3) is 0 Å². The second-order valence-corrected chi connectivity index (χ2v) is 9.29. The fourth-order valence-electron chi connectivity index (χ4n) is 5.87. The molecule has 0 amide bonds. The Morgan fingerprint density at radius 2 is 1.86 bits per heavy atom. The number of nitrogens with zero attached hydrogens (tertiary/aromatic N) is 1. The van der Waals surface area contributed by atoms with Crippen LogP contribution in [0.2, 0.25) is 0 Å². The summed E-state index contributed by atoms with van der Waals surface area (Å²) in [5.41, 5.74) is 0.0417. The van der Waals surface area contributed by atoms with Crippen molar-refractivity contribution in [2.24, 2.45) is 11.8 Å². The molecule has 1 N–H and O–H groups in total. The van der Waals surface area contributed by atoms with Crippen molar-refractivity contribution < 1.29 is 14.6 Å². The number of methoxy groups -OCH3 is 1. The van der Waals surface area contributed by atoms with Gasteiger partial charge in [-0.1, -0.05) is 37.1 Å². The molecule has 2 atom stereocenters. The van der Waals surface area contributed by atoms with E-state index in [-0.39, 0.29) is 12.0 Å². The van der Waals surface area contributed by atoms with E-state index in [2.05, 4.69) is 29.2 Å². The Morgan fingerprint density at radius 1 is 1.07 bits per heavy atom. The minimum Gasteiger partial charge on any atom is -0.496 e.